The highest BCUT2D eigenvalue weighted by atomic mass is 32.2. The van der Waals surface area contributed by atoms with Gasteiger partial charge in [-0.3, -0.25) is 4.79 Å². The summed E-state index contributed by atoms with van der Waals surface area (Å²) in [5.41, 5.74) is 6.08. The molecule has 0 spiro atoms. The molecule has 2 bridgehead atoms. The van der Waals surface area contributed by atoms with Gasteiger partial charge in [-0.1, -0.05) is 6.42 Å². The molecule has 2 aliphatic carbocycles. The molecule has 3 nitrogen and oxygen atoms in total. The van der Waals surface area contributed by atoms with Crippen LogP contribution in [0.5, 0.6) is 0 Å². The summed E-state index contributed by atoms with van der Waals surface area (Å²) in [7, 11) is 0. The lowest BCUT2D eigenvalue weighted by atomic mass is 9.67. The molecule has 0 aromatic rings. The number of nitrogens with one attached hydrogen (secondary N) is 1. The minimum absolute atomic E-state index is 0.233. The second-order valence-electron chi connectivity index (χ2n) is 5.52. The Morgan fingerprint density at radius 3 is 2.59 bits per heavy atom. The molecule has 1 amide bonds. The maximum atomic E-state index is 11.8. The molecule has 0 saturated heterocycles. The van der Waals surface area contributed by atoms with Crippen molar-refractivity contribution in [3.8, 4) is 0 Å². The molecule has 4 heteroatoms. The molecule has 0 aromatic heterocycles. The van der Waals surface area contributed by atoms with E-state index in [1.807, 2.05) is 6.26 Å². The smallest absolute Gasteiger partial charge is 0.221 e. The average Bonchev–Trinajstić information content (AvgIpc) is 2.27. The number of fused-ring (bicyclic) bond motifs is 2. The fourth-order valence-electron chi connectivity index (χ4n) is 3.48. The molecule has 2 saturated carbocycles. The first-order chi connectivity index (χ1) is 8.20. The van der Waals surface area contributed by atoms with Gasteiger partial charge in [-0.05, 0) is 43.8 Å². The zero-order chi connectivity index (χ0) is 12.3. The molecule has 0 aliphatic heterocycles. The molecule has 17 heavy (non-hydrogen) atoms. The van der Waals surface area contributed by atoms with Crippen molar-refractivity contribution in [1.82, 2.24) is 5.32 Å². The van der Waals surface area contributed by atoms with Crippen LogP contribution >= 0.6 is 11.8 Å². The van der Waals surface area contributed by atoms with Crippen LogP contribution in [0.4, 0.5) is 0 Å². The van der Waals surface area contributed by atoms with Gasteiger partial charge < -0.3 is 11.1 Å². The normalized spacial score (nSPS) is 36.6. The predicted molar refractivity (Wildman–Crippen MR) is 73.0 cm³/mol. The van der Waals surface area contributed by atoms with Gasteiger partial charge in [0.25, 0.3) is 0 Å². The molecule has 2 aliphatic rings. The van der Waals surface area contributed by atoms with E-state index in [1.54, 1.807) is 11.8 Å². The highest BCUT2D eigenvalue weighted by molar-refractivity contribution is 7.98. The topological polar surface area (TPSA) is 55.1 Å². The van der Waals surface area contributed by atoms with Crippen molar-refractivity contribution < 1.29 is 4.79 Å². The number of carbonyl (C=O) groups is 1. The van der Waals surface area contributed by atoms with Gasteiger partial charge in [0.15, 0.2) is 0 Å². The third-order valence-electron chi connectivity index (χ3n) is 4.24. The minimum atomic E-state index is 0.233. The summed E-state index contributed by atoms with van der Waals surface area (Å²) in [6.07, 6.45) is 8.72. The third kappa shape index (κ3) is 3.38. The highest BCUT2D eigenvalue weighted by Crippen LogP contribution is 2.39. The lowest BCUT2D eigenvalue weighted by molar-refractivity contribution is -0.123. The van der Waals surface area contributed by atoms with E-state index in [2.05, 4.69) is 5.32 Å². The molecule has 2 atom stereocenters. The Morgan fingerprint density at radius 2 is 2.00 bits per heavy atom. The van der Waals surface area contributed by atoms with Crippen LogP contribution in [0.25, 0.3) is 0 Å². The van der Waals surface area contributed by atoms with E-state index in [1.165, 1.54) is 19.3 Å². The fraction of sp³-hybridized carbons (Fsp3) is 0.923. The summed E-state index contributed by atoms with van der Waals surface area (Å²) >= 11 is 1.73. The number of thioether (sulfide) groups is 1. The van der Waals surface area contributed by atoms with Crippen molar-refractivity contribution in [3.63, 3.8) is 0 Å². The van der Waals surface area contributed by atoms with E-state index in [-0.39, 0.29) is 5.91 Å². The first-order valence-corrected chi connectivity index (χ1v) is 8.14. The van der Waals surface area contributed by atoms with Gasteiger partial charge in [0.2, 0.25) is 5.91 Å². The van der Waals surface area contributed by atoms with Gasteiger partial charge in [0.1, 0.15) is 0 Å². The number of rotatable bonds is 4. The molecule has 98 valence electrons. The Hall–Kier alpha value is -0.220. The molecule has 2 unspecified atom stereocenters. The van der Waals surface area contributed by atoms with Gasteiger partial charge in [-0.25, -0.2) is 0 Å². The summed E-state index contributed by atoms with van der Waals surface area (Å²) in [5.74, 6) is 2.43. The fourth-order valence-corrected chi connectivity index (χ4v) is 3.87. The van der Waals surface area contributed by atoms with Gasteiger partial charge >= 0.3 is 0 Å². The van der Waals surface area contributed by atoms with Gasteiger partial charge in [-0.2, -0.15) is 11.8 Å². The lowest BCUT2D eigenvalue weighted by Gasteiger charge is -2.45. The van der Waals surface area contributed by atoms with E-state index >= 15 is 0 Å². The van der Waals surface area contributed by atoms with E-state index in [0.717, 1.165) is 18.6 Å². The Balaban J connectivity index is 1.89. The Kier molecular flexibility index (Phi) is 4.74. The molecule has 3 N–H and O–H groups in total. The molecule has 0 aromatic carbocycles. The molecule has 0 radical (unpaired) electrons. The number of carbonyl (C=O) groups excluding carboxylic acids is 1. The van der Waals surface area contributed by atoms with Gasteiger partial charge in [0, 0.05) is 24.3 Å². The standard InChI is InChI=1S/C13H24N2OS/c1-17-6-5-12(16)15-13-9-3-2-4-10(13)8-11(14)7-9/h9-11,13H,2-8,14H2,1H3,(H,15,16). The predicted octanol–water partition coefficient (Wildman–Crippen LogP) is 1.76. The zero-order valence-corrected chi connectivity index (χ0v) is 11.5. The average molecular weight is 256 g/mol. The molecule has 2 rings (SSSR count). The minimum Gasteiger partial charge on any atom is -0.353 e. The monoisotopic (exact) mass is 256 g/mol. The summed E-state index contributed by atoms with van der Waals surface area (Å²) in [6.45, 7) is 0. The molecular weight excluding hydrogens is 232 g/mol. The Bertz CT molecular complexity index is 258. The van der Waals surface area contributed by atoms with Crippen molar-refractivity contribution in [2.75, 3.05) is 12.0 Å². The Morgan fingerprint density at radius 1 is 1.35 bits per heavy atom. The number of nitrogens with two attached hydrogens (primary N) is 1. The number of hydrogen-bond donors (Lipinski definition) is 2. The van der Waals surface area contributed by atoms with Crippen molar-refractivity contribution in [3.05, 3.63) is 0 Å². The summed E-state index contributed by atoms with van der Waals surface area (Å²) in [6, 6.07) is 0.780. The van der Waals surface area contributed by atoms with Gasteiger partial charge in [-0.15, -0.1) is 0 Å². The number of hydrogen-bond acceptors (Lipinski definition) is 3. The summed E-state index contributed by atoms with van der Waals surface area (Å²) in [4.78, 5) is 11.8. The molecular formula is C13H24N2OS. The van der Waals surface area contributed by atoms with Crippen LogP contribution in [0.3, 0.4) is 0 Å². The van der Waals surface area contributed by atoms with Crippen molar-refractivity contribution >= 4 is 17.7 Å². The lowest BCUT2D eigenvalue weighted by Crippen LogP contribution is -2.53. The summed E-state index contributed by atoms with van der Waals surface area (Å²) < 4.78 is 0. The van der Waals surface area contributed by atoms with Crippen LogP contribution in [0.1, 0.15) is 38.5 Å². The largest absolute Gasteiger partial charge is 0.353 e. The summed E-state index contributed by atoms with van der Waals surface area (Å²) in [5, 5.41) is 3.27. The third-order valence-corrected chi connectivity index (χ3v) is 4.85. The van der Waals surface area contributed by atoms with Gasteiger partial charge in [0.05, 0.1) is 0 Å². The van der Waals surface area contributed by atoms with Crippen molar-refractivity contribution in [1.29, 1.82) is 0 Å². The number of amides is 1. The van der Waals surface area contributed by atoms with Crippen LogP contribution < -0.4 is 11.1 Å². The van der Waals surface area contributed by atoms with Crippen LogP contribution in [0.15, 0.2) is 0 Å². The van der Waals surface area contributed by atoms with Crippen molar-refractivity contribution in [2.24, 2.45) is 17.6 Å². The van der Waals surface area contributed by atoms with Crippen LogP contribution in [-0.2, 0) is 4.79 Å². The molecule has 0 heterocycles. The van der Waals surface area contributed by atoms with E-state index in [0.29, 0.717) is 30.3 Å². The van der Waals surface area contributed by atoms with Crippen molar-refractivity contribution in [2.45, 2.75) is 50.6 Å². The van der Waals surface area contributed by atoms with E-state index < -0.39 is 0 Å². The first-order valence-electron chi connectivity index (χ1n) is 6.74. The van der Waals surface area contributed by atoms with Crippen LogP contribution in [0.2, 0.25) is 0 Å². The highest BCUT2D eigenvalue weighted by Gasteiger charge is 2.39. The van der Waals surface area contributed by atoms with E-state index in [4.69, 9.17) is 5.73 Å². The van der Waals surface area contributed by atoms with Crippen LogP contribution in [0, 0.1) is 11.8 Å². The second kappa shape index (κ2) is 6.10. The van der Waals surface area contributed by atoms with Crippen LogP contribution in [-0.4, -0.2) is 30.0 Å². The zero-order valence-electron chi connectivity index (χ0n) is 10.7. The Labute approximate surface area is 108 Å². The van der Waals surface area contributed by atoms with E-state index in [9.17, 15) is 4.79 Å². The second-order valence-corrected chi connectivity index (χ2v) is 6.50. The maximum Gasteiger partial charge on any atom is 0.221 e. The maximum absolute atomic E-state index is 11.8. The first kappa shape index (κ1) is 13.2. The molecule has 2 fully saturated rings. The SMILES string of the molecule is CSCCC(=O)NC1C2CCCC1CC(N)C2. The quantitative estimate of drug-likeness (QED) is 0.806.